The van der Waals surface area contributed by atoms with E-state index < -0.39 is 0 Å². The fourth-order valence-electron chi connectivity index (χ4n) is 4.74. The fourth-order valence-corrected chi connectivity index (χ4v) is 4.74. The summed E-state index contributed by atoms with van der Waals surface area (Å²) in [4.78, 5) is 17.2. The van der Waals surface area contributed by atoms with Crippen molar-refractivity contribution >= 4 is 17.9 Å². The molecule has 0 spiro atoms. The standard InChI is InChI=1S/C24H29N7O/c25-15-19-2-1-3-22-20(6-9-23(19)22)16-29-10-12-30(13-11-29)24(32)14-18-4-7-21(8-5-18)31(27)17-28-26/h1-5,7-8,17,20H,6,9-14,16,26-27H2/b28-17-. The second-order valence-corrected chi connectivity index (χ2v) is 8.42. The average molecular weight is 432 g/mol. The monoisotopic (exact) mass is 431 g/mol. The number of hydrazone groups is 1. The van der Waals surface area contributed by atoms with Crippen LogP contribution in [0.15, 0.2) is 47.6 Å². The van der Waals surface area contributed by atoms with Crippen molar-refractivity contribution in [3.8, 4) is 6.07 Å². The quantitative estimate of drug-likeness (QED) is 0.310. The Morgan fingerprint density at radius 3 is 2.62 bits per heavy atom. The maximum absolute atomic E-state index is 12.8. The van der Waals surface area contributed by atoms with Crippen molar-refractivity contribution in [3.63, 3.8) is 0 Å². The Bertz CT molecular complexity index is 1020. The van der Waals surface area contributed by atoms with Crippen LogP contribution < -0.4 is 16.7 Å². The summed E-state index contributed by atoms with van der Waals surface area (Å²) in [5.41, 5.74) is 5.09. The maximum atomic E-state index is 12.8. The summed E-state index contributed by atoms with van der Waals surface area (Å²) >= 11 is 0. The van der Waals surface area contributed by atoms with Crippen LogP contribution in [0.4, 0.5) is 5.69 Å². The van der Waals surface area contributed by atoms with E-state index in [1.54, 1.807) is 0 Å². The molecule has 1 heterocycles. The number of carbonyl (C=O) groups excluding carboxylic acids is 1. The number of nitriles is 1. The van der Waals surface area contributed by atoms with Crippen LogP contribution in [0.1, 0.15) is 34.6 Å². The summed E-state index contributed by atoms with van der Waals surface area (Å²) in [6.07, 6.45) is 3.79. The highest BCUT2D eigenvalue weighted by molar-refractivity contribution is 5.80. The Morgan fingerprint density at radius 2 is 1.94 bits per heavy atom. The summed E-state index contributed by atoms with van der Waals surface area (Å²) in [6.45, 7) is 4.26. The van der Waals surface area contributed by atoms with Crippen molar-refractivity contribution in [2.45, 2.75) is 25.2 Å². The number of amides is 1. The Hall–Kier alpha value is -3.41. The molecule has 0 radical (unpaired) electrons. The average Bonchev–Trinajstić information content (AvgIpc) is 3.23. The highest BCUT2D eigenvalue weighted by Crippen LogP contribution is 2.35. The van der Waals surface area contributed by atoms with Crippen LogP contribution in [0, 0.1) is 11.3 Å². The smallest absolute Gasteiger partial charge is 0.227 e. The lowest BCUT2D eigenvalue weighted by Crippen LogP contribution is -2.49. The molecule has 32 heavy (non-hydrogen) atoms. The SMILES string of the molecule is N#Cc1cccc2c1CCC2CN1CCN(C(=O)Cc2ccc(N(N)/C=N\N)cc2)CC1. The molecule has 0 aromatic heterocycles. The Morgan fingerprint density at radius 1 is 1.19 bits per heavy atom. The third-order valence-electron chi connectivity index (χ3n) is 6.50. The van der Waals surface area contributed by atoms with Crippen molar-refractivity contribution in [2.24, 2.45) is 16.8 Å². The number of rotatable bonds is 6. The van der Waals surface area contributed by atoms with Crippen LogP contribution in [-0.2, 0) is 17.6 Å². The largest absolute Gasteiger partial charge is 0.340 e. The van der Waals surface area contributed by atoms with Gasteiger partial charge in [0, 0.05) is 32.7 Å². The molecular weight excluding hydrogens is 402 g/mol. The first-order valence-corrected chi connectivity index (χ1v) is 11.0. The lowest BCUT2D eigenvalue weighted by atomic mass is 9.98. The van der Waals surface area contributed by atoms with Crippen molar-refractivity contribution in [3.05, 3.63) is 64.7 Å². The van der Waals surface area contributed by atoms with Crippen molar-refractivity contribution in [1.29, 1.82) is 5.26 Å². The molecule has 2 aromatic rings. The molecule has 2 aliphatic rings. The molecule has 1 aliphatic carbocycles. The number of hydrogen-bond donors (Lipinski definition) is 2. The first-order chi connectivity index (χ1) is 15.6. The summed E-state index contributed by atoms with van der Waals surface area (Å²) in [7, 11) is 0. The summed E-state index contributed by atoms with van der Waals surface area (Å²) < 4.78 is 0. The van der Waals surface area contributed by atoms with Gasteiger partial charge in [-0.25, -0.2) is 5.84 Å². The van der Waals surface area contributed by atoms with E-state index in [-0.39, 0.29) is 5.91 Å². The summed E-state index contributed by atoms with van der Waals surface area (Å²) in [5, 5.41) is 14.1. The van der Waals surface area contributed by atoms with Gasteiger partial charge in [0.15, 0.2) is 0 Å². The minimum Gasteiger partial charge on any atom is -0.340 e. The lowest BCUT2D eigenvalue weighted by molar-refractivity contribution is -0.132. The van der Waals surface area contributed by atoms with Gasteiger partial charge in [-0.1, -0.05) is 24.3 Å². The van der Waals surface area contributed by atoms with Crippen LogP contribution in [-0.4, -0.2) is 54.8 Å². The number of nitrogens with zero attached hydrogens (tertiary/aromatic N) is 5. The Balaban J connectivity index is 1.27. The molecule has 8 heteroatoms. The van der Waals surface area contributed by atoms with E-state index in [1.165, 1.54) is 22.5 Å². The predicted molar refractivity (Wildman–Crippen MR) is 125 cm³/mol. The number of nitrogens with two attached hydrogens (primary N) is 2. The van der Waals surface area contributed by atoms with Crippen molar-refractivity contribution in [1.82, 2.24) is 9.80 Å². The minimum atomic E-state index is 0.149. The molecule has 8 nitrogen and oxygen atoms in total. The molecule has 4 rings (SSSR count). The van der Waals surface area contributed by atoms with Gasteiger partial charge in [0.1, 0.15) is 6.34 Å². The van der Waals surface area contributed by atoms with Crippen LogP contribution >= 0.6 is 0 Å². The number of carbonyl (C=O) groups is 1. The number of piperazine rings is 1. The number of hydrogen-bond acceptors (Lipinski definition) is 6. The second kappa shape index (κ2) is 9.81. The van der Waals surface area contributed by atoms with Gasteiger partial charge in [0.2, 0.25) is 5.91 Å². The molecule has 0 saturated carbocycles. The van der Waals surface area contributed by atoms with Gasteiger partial charge in [-0.15, -0.1) is 0 Å². The highest BCUT2D eigenvalue weighted by Gasteiger charge is 2.28. The number of anilines is 1. The van der Waals surface area contributed by atoms with E-state index in [0.717, 1.165) is 62.4 Å². The zero-order valence-corrected chi connectivity index (χ0v) is 18.2. The lowest BCUT2D eigenvalue weighted by Gasteiger charge is -2.36. The molecule has 1 saturated heterocycles. The first kappa shape index (κ1) is 21.8. The van der Waals surface area contributed by atoms with Gasteiger partial charge in [0.25, 0.3) is 0 Å². The molecule has 1 unspecified atom stereocenters. The van der Waals surface area contributed by atoms with Crippen molar-refractivity contribution < 1.29 is 4.79 Å². The molecule has 1 aliphatic heterocycles. The van der Waals surface area contributed by atoms with Gasteiger partial charge < -0.3 is 10.7 Å². The van der Waals surface area contributed by atoms with E-state index in [9.17, 15) is 10.1 Å². The van der Waals surface area contributed by atoms with Crippen LogP contribution in [0.25, 0.3) is 0 Å². The van der Waals surface area contributed by atoms with Crippen LogP contribution in [0.2, 0.25) is 0 Å². The summed E-state index contributed by atoms with van der Waals surface area (Å²) in [5.74, 6) is 11.5. The molecule has 166 valence electrons. The van der Waals surface area contributed by atoms with E-state index in [1.807, 2.05) is 41.3 Å². The van der Waals surface area contributed by atoms with Crippen LogP contribution in [0.3, 0.4) is 0 Å². The summed E-state index contributed by atoms with van der Waals surface area (Å²) in [6, 6.07) is 15.9. The van der Waals surface area contributed by atoms with Gasteiger partial charge in [0.05, 0.1) is 23.7 Å². The molecule has 1 fully saturated rings. The molecule has 4 N–H and O–H groups in total. The van der Waals surface area contributed by atoms with Crippen LogP contribution in [0.5, 0.6) is 0 Å². The van der Waals surface area contributed by atoms with Crippen molar-refractivity contribution in [2.75, 3.05) is 37.7 Å². The maximum Gasteiger partial charge on any atom is 0.227 e. The van der Waals surface area contributed by atoms with E-state index >= 15 is 0 Å². The Labute approximate surface area is 188 Å². The van der Waals surface area contributed by atoms with E-state index in [4.69, 9.17) is 11.7 Å². The molecule has 0 bridgehead atoms. The third kappa shape index (κ3) is 4.74. The van der Waals surface area contributed by atoms with Gasteiger partial charge in [-0.3, -0.25) is 14.7 Å². The topological polar surface area (TPSA) is 115 Å². The molecule has 1 atom stereocenters. The predicted octanol–water partition coefficient (Wildman–Crippen LogP) is 1.56. The zero-order chi connectivity index (χ0) is 22.5. The third-order valence-corrected chi connectivity index (χ3v) is 6.50. The second-order valence-electron chi connectivity index (χ2n) is 8.42. The molecule has 1 amide bonds. The van der Waals surface area contributed by atoms with Gasteiger partial charge in [-0.05, 0) is 53.6 Å². The number of hydrazine groups is 1. The Kier molecular flexibility index (Phi) is 6.69. The highest BCUT2D eigenvalue weighted by atomic mass is 16.2. The van der Waals surface area contributed by atoms with Gasteiger partial charge >= 0.3 is 0 Å². The van der Waals surface area contributed by atoms with Gasteiger partial charge in [-0.2, -0.15) is 10.4 Å². The molecule has 2 aromatic carbocycles. The van der Waals surface area contributed by atoms with E-state index in [0.29, 0.717) is 12.3 Å². The fraction of sp³-hybridized carbons (Fsp3) is 0.375. The number of fused-ring (bicyclic) bond motifs is 1. The first-order valence-electron chi connectivity index (χ1n) is 11.0. The minimum absolute atomic E-state index is 0.149. The number of benzene rings is 2. The van der Waals surface area contributed by atoms with E-state index in [2.05, 4.69) is 22.1 Å². The zero-order valence-electron chi connectivity index (χ0n) is 18.2. The molecular formula is C24H29N7O. The normalized spacial score (nSPS) is 18.5.